The van der Waals surface area contributed by atoms with E-state index in [2.05, 4.69) is 19.6 Å². The van der Waals surface area contributed by atoms with E-state index in [0.717, 1.165) is 0 Å². The zero-order chi connectivity index (χ0) is 9.10. The molecule has 2 aromatic rings. The molecule has 2 rings (SSSR count). The fraction of sp³-hybridized carbons (Fsp3) is 0.125. The van der Waals surface area contributed by atoms with Gasteiger partial charge in [0.05, 0.1) is 0 Å². The topological polar surface area (TPSA) is 72.0 Å². The van der Waals surface area contributed by atoms with Crippen LogP contribution in [0.1, 0.15) is 17.4 Å². The summed E-state index contributed by atoms with van der Waals surface area (Å²) in [6.45, 7) is 0. The SMILES string of the molecule is OC(c1cncnc1)c1ccon1. The van der Waals surface area contributed by atoms with Gasteiger partial charge in [0.1, 0.15) is 24.4 Å². The van der Waals surface area contributed by atoms with E-state index in [1.807, 2.05) is 0 Å². The standard InChI is InChI=1S/C8H7N3O2/c12-8(7-1-2-13-11-7)6-3-9-5-10-4-6/h1-5,8,12H. The Morgan fingerprint density at radius 3 is 2.69 bits per heavy atom. The lowest BCUT2D eigenvalue weighted by Gasteiger charge is -2.04. The summed E-state index contributed by atoms with van der Waals surface area (Å²) < 4.78 is 4.61. The van der Waals surface area contributed by atoms with E-state index < -0.39 is 6.10 Å². The minimum absolute atomic E-state index is 0.454. The van der Waals surface area contributed by atoms with Gasteiger partial charge in [-0.2, -0.15) is 0 Å². The summed E-state index contributed by atoms with van der Waals surface area (Å²) >= 11 is 0. The molecule has 0 saturated heterocycles. The van der Waals surface area contributed by atoms with Crippen LogP contribution in [0.4, 0.5) is 0 Å². The van der Waals surface area contributed by atoms with E-state index in [1.165, 1.54) is 25.0 Å². The molecule has 5 heteroatoms. The third kappa shape index (κ3) is 1.54. The van der Waals surface area contributed by atoms with Crippen LogP contribution in [0, 0.1) is 0 Å². The molecule has 0 radical (unpaired) electrons. The van der Waals surface area contributed by atoms with Gasteiger partial charge in [-0.15, -0.1) is 0 Å². The van der Waals surface area contributed by atoms with Gasteiger partial charge in [-0.3, -0.25) is 0 Å². The number of hydrogen-bond donors (Lipinski definition) is 1. The molecule has 0 bridgehead atoms. The fourth-order valence-electron chi connectivity index (χ4n) is 0.986. The van der Waals surface area contributed by atoms with Crippen LogP contribution < -0.4 is 0 Å². The molecule has 13 heavy (non-hydrogen) atoms. The minimum Gasteiger partial charge on any atom is -0.382 e. The largest absolute Gasteiger partial charge is 0.382 e. The Balaban J connectivity index is 2.29. The van der Waals surface area contributed by atoms with Crippen molar-refractivity contribution < 1.29 is 9.63 Å². The molecule has 66 valence electrons. The fourth-order valence-corrected chi connectivity index (χ4v) is 0.986. The molecule has 0 spiro atoms. The van der Waals surface area contributed by atoms with Crippen LogP contribution in [-0.2, 0) is 0 Å². The number of rotatable bonds is 2. The van der Waals surface area contributed by atoms with Crippen molar-refractivity contribution in [2.75, 3.05) is 0 Å². The van der Waals surface area contributed by atoms with Gasteiger partial charge in [0, 0.05) is 24.0 Å². The number of aliphatic hydroxyl groups is 1. The molecule has 2 heterocycles. The second-order valence-electron chi connectivity index (χ2n) is 2.50. The molecule has 0 fully saturated rings. The molecule has 0 saturated carbocycles. The molecular weight excluding hydrogens is 170 g/mol. The van der Waals surface area contributed by atoms with E-state index in [0.29, 0.717) is 11.3 Å². The van der Waals surface area contributed by atoms with Crippen LogP contribution in [0.15, 0.2) is 35.6 Å². The summed E-state index contributed by atoms with van der Waals surface area (Å²) in [5, 5.41) is 13.3. The van der Waals surface area contributed by atoms with Gasteiger partial charge >= 0.3 is 0 Å². The van der Waals surface area contributed by atoms with E-state index >= 15 is 0 Å². The predicted octanol–water partition coefficient (Wildman–Crippen LogP) is 0.546. The molecule has 0 aliphatic carbocycles. The molecule has 0 amide bonds. The summed E-state index contributed by atoms with van der Waals surface area (Å²) in [6, 6.07) is 1.59. The van der Waals surface area contributed by atoms with Crippen molar-refractivity contribution in [1.29, 1.82) is 0 Å². The van der Waals surface area contributed by atoms with Gasteiger partial charge in [0.2, 0.25) is 0 Å². The number of aromatic nitrogens is 3. The zero-order valence-electron chi connectivity index (χ0n) is 6.66. The van der Waals surface area contributed by atoms with Crippen molar-refractivity contribution in [2.24, 2.45) is 0 Å². The molecule has 0 aromatic carbocycles. The zero-order valence-corrected chi connectivity index (χ0v) is 6.66. The van der Waals surface area contributed by atoms with Crippen LogP contribution in [-0.4, -0.2) is 20.2 Å². The van der Waals surface area contributed by atoms with Crippen molar-refractivity contribution >= 4 is 0 Å². The first-order chi connectivity index (χ1) is 6.38. The van der Waals surface area contributed by atoms with Crippen LogP contribution >= 0.6 is 0 Å². The summed E-state index contributed by atoms with van der Waals surface area (Å²) in [5.74, 6) is 0. The van der Waals surface area contributed by atoms with Crippen LogP contribution in [0.2, 0.25) is 0 Å². The second kappa shape index (κ2) is 3.32. The van der Waals surface area contributed by atoms with Crippen LogP contribution in [0.5, 0.6) is 0 Å². The van der Waals surface area contributed by atoms with Gasteiger partial charge in [-0.25, -0.2) is 9.97 Å². The van der Waals surface area contributed by atoms with E-state index in [-0.39, 0.29) is 0 Å². The highest BCUT2D eigenvalue weighted by molar-refractivity contribution is 5.18. The van der Waals surface area contributed by atoms with Gasteiger partial charge in [-0.05, 0) is 0 Å². The smallest absolute Gasteiger partial charge is 0.127 e. The normalized spacial score (nSPS) is 12.7. The third-order valence-corrected chi connectivity index (χ3v) is 1.63. The average Bonchev–Trinajstić information content (AvgIpc) is 2.71. The van der Waals surface area contributed by atoms with Gasteiger partial charge in [-0.1, -0.05) is 5.16 Å². The van der Waals surface area contributed by atoms with Gasteiger partial charge in [0.15, 0.2) is 0 Å². The number of hydrogen-bond acceptors (Lipinski definition) is 5. The highest BCUT2D eigenvalue weighted by atomic mass is 16.5. The van der Waals surface area contributed by atoms with E-state index in [1.54, 1.807) is 6.07 Å². The molecule has 0 aliphatic rings. The Morgan fingerprint density at radius 1 is 1.31 bits per heavy atom. The molecule has 1 unspecified atom stereocenters. The summed E-state index contributed by atoms with van der Waals surface area (Å²) in [4.78, 5) is 7.57. The number of aliphatic hydroxyl groups excluding tert-OH is 1. The molecule has 2 aromatic heterocycles. The van der Waals surface area contributed by atoms with Crippen LogP contribution in [0.3, 0.4) is 0 Å². The number of nitrogens with zero attached hydrogens (tertiary/aromatic N) is 3. The molecule has 5 nitrogen and oxygen atoms in total. The van der Waals surface area contributed by atoms with Crippen molar-refractivity contribution in [3.8, 4) is 0 Å². The molecular formula is C8H7N3O2. The first-order valence-electron chi connectivity index (χ1n) is 3.71. The van der Waals surface area contributed by atoms with Crippen molar-refractivity contribution in [2.45, 2.75) is 6.10 Å². The lowest BCUT2D eigenvalue weighted by molar-refractivity contribution is 0.207. The molecule has 1 atom stereocenters. The molecule has 0 aliphatic heterocycles. The summed E-state index contributed by atoms with van der Waals surface area (Å²) in [6.07, 6.45) is 5.06. The monoisotopic (exact) mass is 177 g/mol. The first-order valence-corrected chi connectivity index (χ1v) is 3.71. The van der Waals surface area contributed by atoms with Crippen LogP contribution in [0.25, 0.3) is 0 Å². The highest BCUT2D eigenvalue weighted by Gasteiger charge is 2.13. The van der Waals surface area contributed by atoms with E-state index in [4.69, 9.17) is 0 Å². The van der Waals surface area contributed by atoms with Crippen molar-refractivity contribution in [1.82, 2.24) is 15.1 Å². The lowest BCUT2D eigenvalue weighted by atomic mass is 10.1. The second-order valence-corrected chi connectivity index (χ2v) is 2.50. The first kappa shape index (κ1) is 7.88. The van der Waals surface area contributed by atoms with Crippen molar-refractivity contribution in [3.05, 3.63) is 42.3 Å². The third-order valence-electron chi connectivity index (χ3n) is 1.63. The van der Waals surface area contributed by atoms with Gasteiger partial charge < -0.3 is 9.63 Å². The predicted molar refractivity (Wildman–Crippen MR) is 42.6 cm³/mol. The van der Waals surface area contributed by atoms with E-state index in [9.17, 15) is 5.11 Å². The Labute approximate surface area is 74.1 Å². The Bertz CT molecular complexity index is 360. The maximum Gasteiger partial charge on any atom is 0.127 e. The maximum atomic E-state index is 9.68. The summed E-state index contributed by atoms with van der Waals surface area (Å²) in [5.41, 5.74) is 1.05. The Hall–Kier alpha value is -1.75. The highest BCUT2D eigenvalue weighted by Crippen LogP contribution is 2.17. The van der Waals surface area contributed by atoms with Gasteiger partial charge in [0.25, 0.3) is 0 Å². The minimum atomic E-state index is -0.819. The van der Waals surface area contributed by atoms with Crippen molar-refractivity contribution in [3.63, 3.8) is 0 Å². The quantitative estimate of drug-likeness (QED) is 0.725. The molecule has 1 N–H and O–H groups in total. The maximum absolute atomic E-state index is 9.68. The Morgan fingerprint density at radius 2 is 2.08 bits per heavy atom. The lowest BCUT2D eigenvalue weighted by Crippen LogP contribution is -2.00. The summed E-state index contributed by atoms with van der Waals surface area (Å²) in [7, 11) is 0. The Kier molecular flexibility index (Phi) is 2.01. The average molecular weight is 177 g/mol.